The molecule has 4 atom stereocenters. The molecule has 0 radical (unpaired) electrons. The van der Waals surface area contributed by atoms with Crippen LogP contribution in [0.1, 0.15) is 83.3 Å². The number of nitrogens with zero attached hydrogens (tertiary/aromatic N) is 3. The Balaban J connectivity index is 0.829. The number of thiazole rings is 1. The monoisotopic (exact) mass is 992 g/mol. The summed E-state index contributed by atoms with van der Waals surface area (Å²) in [7, 11) is 0. The van der Waals surface area contributed by atoms with Crippen molar-refractivity contribution in [2.45, 2.75) is 65.3 Å². The number of benzene rings is 5. The summed E-state index contributed by atoms with van der Waals surface area (Å²) < 4.78 is 6.47. The summed E-state index contributed by atoms with van der Waals surface area (Å²) in [4.78, 5) is 75.5. The van der Waals surface area contributed by atoms with Crippen LogP contribution in [0.25, 0.3) is 31.0 Å². The predicted molar refractivity (Wildman–Crippen MR) is 274 cm³/mol. The normalized spacial score (nSPS) is 15.6. The summed E-state index contributed by atoms with van der Waals surface area (Å²) in [5, 5.41) is 41.1. The maximum atomic E-state index is 14.1. The number of aliphatic hydroxyl groups excluding tert-OH is 1. The van der Waals surface area contributed by atoms with Crippen LogP contribution in [0.4, 0.5) is 0 Å². The maximum Gasteiger partial charge on any atom is 0.271 e. The fourth-order valence-corrected chi connectivity index (χ4v) is 10.3. The molecule has 4 unspecified atom stereocenters. The zero-order valence-electron chi connectivity index (χ0n) is 39.5. The molecule has 1 aliphatic rings. The second-order valence-corrected chi connectivity index (χ2v) is 20.3. The lowest BCUT2D eigenvalue weighted by molar-refractivity contribution is -0.144. The van der Waals surface area contributed by atoms with Crippen LogP contribution in [0.15, 0.2) is 126 Å². The highest BCUT2D eigenvalue weighted by Crippen LogP contribution is 2.41. The molecule has 1 saturated heterocycles. The van der Waals surface area contributed by atoms with Gasteiger partial charge >= 0.3 is 0 Å². The van der Waals surface area contributed by atoms with Gasteiger partial charge < -0.3 is 35.6 Å². The largest absolute Gasteiger partial charge is 0.508 e. The first-order valence-electron chi connectivity index (χ1n) is 22.8. The lowest BCUT2D eigenvalue weighted by Gasteiger charge is -2.35. The van der Waals surface area contributed by atoms with Crippen LogP contribution in [-0.2, 0) is 14.4 Å². The first-order chi connectivity index (χ1) is 33.9. The average molecular weight is 993 g/mol. The minimum Gasteiger partial charge on any atom is -0.508 e. The number of aromatic hydroxyl groups is 2. The van der Waals surface area contributed by atoms with Crippen molar-refractivity contribution in [2.75, 3.05) is 13.2 Å². The van der Waals surface area contributed by atoms with Crippen molar-refractivity contribution in [2.24, 2.45) is 10.5 Å². The number of hydrogen-bond acceptors (Lipinski definition) is 13. The number of ether oxygens (including phenoxy) is 1. The molecule has 15 nitrogen and oxygen atoms in total. The number of thiophene rings is 1. The van der Waals surface area contributed by atoms with E-state index in [-0.39, 0.29) is 41.9 Å². The molecule has 17 heteroatoms. The van der Waals surface area contributed by atoms with Crippen LogP contribution in [0.3, 0.4) is 0 Å². The number of aryl methyl sites for hydroxylation is 1. The molecule has 71 heavy (non-hydrogen) atoms. The van der Waals surface area contributed by atoms with Crippen molar-refractivity contribution >= 4 is 68.4 Å². The molecule has 0 aliphatic carbocycles. The molecule has 2 aromatic heterocycles. The van der Waals surface area contributed by atoms with E-state index in [1.807, 2.05) is 38.1 Å². The molecule has 5 aromatic carbocycles. The van der Waals surface area contributed by atoms with E-state index in [9.17, 15) is 39.3 Å². The highest BCUT2D eigenvalue weighted by molar-refractivity contribution is 7.22. The Hall–Kier alpha value is -7.73. The van der Waals surface area contributed by atoms with Gasteiger partial charge in [0.2, 0.25) is 11.8 Å². The average Bonchev–Trinajstić information content (AvgIpc) is 4.08. The Labute approximate surface area is 417 Å². The molecule has 8 rings (SSSR count). The quantitative estimate of drug-likeness (QED) is 0.0329. The summed E-state index contributed by atoms with van der Waals surface area (Å²) in [6.07, 6.45) is 0.571. The molecule has 6 N–H and O–H groups in total. The van der Waals surface area contributed by atoms with Gasteiger partial charge in [0, 0.05) is 44.6 Å². The van der Waals surface area contributed by atoms with Gasteiger partial charge in [0.25, 0.3) is 11.8 Å². The van der Waals surface area contributed by atoms with Gasteiger partial charge in [-0.1, -0.05) is 57.2 Å². The number of rotatable bonds is 15. The van der Waals surface area contributed by atoms with Crippen molar-refractivity contribution in [1.82, 2.24) is 25.9 Å². The summed E-state index contributed by atoms with van der Waals surface area (Å²) in [6, 6.07) is 29.6. The molecule has 1 fully saturated rings. The molecule has 0 saturated carbocycles. The van der Waals surface area contributed by atoms with Crippen LogP contribution in [0.2, 0.25) is 0 Å². The SMILES string of the molecule is Cc1ncsc1-c1ccc(C(C)NC(=O)C2CC(O)CN2C(=O)C(NC(=O)COc2ccc(C=NNC(=O)c3ccc(C(=O)c4c(-c5ccc(O)cc5)sc5cc(O)ccc45)cc3)cc2)C(C)(C)C)cc1. The summed E-state index contributed by atoms with van der Waals surface area (Å²) >= 11 is 2.91. The number of ketones is 1. The highest BCUT2D eigenvalue weighted by Gasteiger charge is 2.44. The number of phenolic OH excluding ortho intramolecular Hbond substituents is 2. The number of fused-ring (bicyclic) bond motifs is 1. The van der Waals surface area contributed by atoms with Gasteiger partial charge in [-0.2, -0.15) is 5.10 Å². The number of phenols is 2. The van der Waals surface area contributed by atoms with Gasteiger partial charge in [-0.05, 0) is 120 Å². The lowest BCUT2D eigenvalue weighted by Crippen LogP contribution is -2.58. The van der Waals surface area contributed by atoms with Crippen molar-refractivity contribution in [3.63, 3.8) is 0 Å². The van der Waals surface area contributed by atoms with Gasteiger partial charge in [0.1, 0.15) is 29.3 Å². The van der Waals surface area contributed by atoms with Gasteiger partial charge in [-0.15, -0.1) is 22.7 Å². The smallest absolute Gasteiger partial charge is 0.271 e. The third kappa shape index (κ3) is 11.5. The second-order valence-electron chi connectivity index (χ2n) is 18.4. The number of carbonyl (C=O) groups excluding carboxylic acids is 5. The van der Waals surface area contributed by atoms with Crippen molar-refractivity contribution in [3.8, 4) is 38.1 Å². The zero-order valence-corrected chi connectivity index (χ0v) is 41.1. The van der Waals surface area contributed by atoms with Crippen LogP contribution < -0.4 is 20.8 Å². The number of hydrazone groups is 1. The second kappa shape index (κ2) is 21.1. The van der Waals surface area contributed by atoms with Crippen molar-refractivity contribution < 1.29 is 44.0 Å². The molecule has 4 amide bonds. The van der Waals surface area contributed by atoms with E-state index in [1.54, 1.807) is 110 Å². The van der Waals surface area contributed by atoms with Crippen molar-refractivity contribution in [1.29, 1.82) is 0 Å². The van der Waals surface area contributed by atoms with E-state index < -0.39 is 53.8 Å². The standard InChI is InChI=1S/C54H52N6O9S2/c1-30(33-8-12-35(13-9-33)48-31(2)55-29-70-48)57-52(67)43-24-40(63)27-60(43)53(68)50(54(3,4)5)58-45(64)28-69-41-21-6-32(7-22-41)26-56-59-51(66)37-14-10-34(11-15-37)47(65)46-42-23-20-39(62)25-44(42)71-49(46)36-16-18-38(61)19-17-36/h6-23,25-26,29-30,40,43,50,61-63H,24,27-28H2,1-5H3,(H,57,67)(H,58,64)(H,59,66). The van der Waals surface area contributed by atoms with E-state index in [2.05, 4.69) is 26.1 Å². The summed E-state index contributed by atoms with van der Waals surface area (Å²) in [5.74, 6) is -1.70. The van der Waals surface area contributed by atoms with Crippen LogP contribution in [-0.4, -0.2) is 92.2 Å². The first-order valence-corrected chi connectivity index (χ1v) is 24.5. The zero-order chi connectivity index (χ0) is 50.6. The Kier molecular flexibility index (Phi) is 14.8. The molecular weight excluding hydrogens is 941 g/mol. The Morgan fingerprint density at radius 3 is 2.15 bits per heavy atom. The molecule has 364 valence electrons. The predicted octanol–water partition coefficient (Wildman–Crippen LogP) is 8.16. The van der Waals surface area contributed by atoms with E-state index in [0.29, 0.717) is 32.7 Å². The molecule has 3 heterocycles. The topological polar surface area (TPSA) is 220 Å². The summed E-state index contributed by atoms with van der Waals surface area (Å²) in [6.45, 7) is 8.76. The number of nitrogens with one attached hydrogen (secondary N) is 3. The lowest BCUT2D eigenvalue weighted by atomic mass is 9.85. The van der Waals surface area contributed by atoms with Crippen LogP contribution in [0, 0.1) is 12.3 Å². The maximum absolute atomic E-state index is 14.1. The fourth-order valence-electron chi connectivity index (χ4n) is 8.29. The van der Waals surface area contributed by atoms with Crippen molar-refractivity contribution in [3.05, 3.63) is 154 Å². The number of amides is 4. The number of aliphatic hydroxyl groups is 1. The summed E-state index contributed by atoms with van der Waals surface area (Å²) in [5.41, 5.74) is 8.79. The Bertz CT molecular complexity index is 3130. The van der Waals surface area contributed by atoms with E-state index in [0.717, 1.165) is 32.0 Å². The molecule has 0 spiro atoms. The minimum absolute atomic E-state index is 0.0566. The van der Waals surface area contributed by atoms with E-state index in [1.165, 1.54) is 40.7 Å². The highest BCUT2D eigenvalue weighted by atomic mass is 32.1. The van der Waals surface area contributed by atoms with Crippen LogP contribution in [0.5, 0.6) is 17.2 Å². The Morgan fingerprint density at radius 2 is 1.49 bits per heavy atom. The van der Waals surface area contributed by atoms with Gasteiger partial charge in [-0.3, -0.25) is 24.0 Å². The van der Waals surface area contributed by atoms with E-state index in [4.69, 9.17) is 4.74 Å². The molecule has 0 bridgehead atoms. The van der Waals surface area contributed by atoms with Gasteiger partial charge in [-0.25, -0.2) is 10.4 Å². The molecule has 7 aromatic rings. The molecular formula is C54H52N6O9S2. The third-order valence-electron chi connectivity index (χ3n) is 12.1. The fraction of sp³-hybridized carbons (Fsp3) is 0.241. The third-order valence-corrected chi connectivity index (χ3v) is 14.3. The van der Waals surface area contributed by atoms with Gasteiger partial charge in [0.15, 0.2) is 12.4 Å². The van der Waals surface area contributed by atoms with Crippen LogP contribution >= 0.6 is 22.7 Å². The van der Waals surface area contributed by atoms with E-state index >= 15 is 0 Å². The number of likely N-dealkylation sites (tertiary alicyclic amines) is 1. The first kappa shape index (κ1) is 49.7. The number of β-amino-alcohol motifs (C(OH)–C–C–N with tert-alkyl or cyclic N) is 1. The molecule has 1 aliphatic heterocycles. The number of hydrogen-bond donors (Lipinski definition) is 6. The van der Waals surface area contributed by atoms with Gasteiger partial charge in [0.05, 0.1) is 34.4 Å². The number of aromatic nitrogens is 1. The Morgan fingerprint density at radius 1 is 0.845 bits per heavy atom. The minimum atomic E-state index is -1.04. The number of carbonyl (C=O) groups is 5.